The fourth-order valence-corrected chi connectivity index (χ4v) is 9.30. The summed E-state index contributed by atoms with van der Waals surface area (Å²) >= 11 is 0. The lowest BCUT2D eigenvalue weighted by Gasteiger charge is -2.13. The van der Waals surface area contributed by atoms with Gasteiger partial charge in [-0.1, -0.05) is 140 Å². The lowest BCUT2D eigenvalue weighted by atomic mass is 9.89. The highest BCUT2D eigenvalue weighted by Gasteiger charge is 2.26. The molecule has 5 heteroatoms. The number of furan rings is 2. The van der Waals surface area contributed by atoms with E-state index in [1.54, 1.807) is 0 Å². The van der Waals surface area contributed by atoms with Crippen LogP contribution in [0.15, 0.2) is 173 Å². The number of rotatable bonds is 2. The van der Waals surface area contributed by atoms with Crippen molar-refractivity contribution in [3.05, 3.63) is 164 Å². The summed E-state index contributed by atoms with van der Waals surface area (Å²) < 4.78 is 16.1. The standard InChI is InChI=1S/C50H27N3O2/c1-2-14-28(15-3-1)44-49-45(37-23-11-13-25-40(37)54-49)52-50(51-44)53-39-24-12-10-18-31(39)36-26-27-38-42-35-22-9-8-21-34(35)41-32-19-6-4-16-29(32)30-17-5-7-20-33(30)43(41)48(42)55-47(38)46(36)53/h1-27H. The molecule has 4 aromatic heterocycles. The van der Waals surface area contributed by atoms with E-state index >= 15 is 0 Å². The Morgan fingerprint density at radius 3 is 1.67 bits per heavy atom. The minimum absolute atomic E-state index is 0.559. The van der Waals surface area contributed by atoms with Crippen LogP contribution in [0.1, 0.15) is 0 Å². The molecule has 0 spiro atoms. The molecular formula is C50H27N3O2. The normalized spacial score (nSPS) is 12.4. The topological polar surface area (TPSA) is 57.0 Å². The third-order valence-electron chi connectivity index (χ3n) is 11.6. The number of fused-ring (bicyclic) bond motifs is 20. The highest BCUT2D eigenvalue weighted by molar-refractivity contribution is 6.41. The summed E-state index contributed by atoms with van der Waals surface area (Å²) in [6, 6.07) is 57.6. The van der Waals surface area contributed by atoms with E-state index < -0.39 is 0 Å². The lowest BCUT2D eigenvalue weighted by molar-refractivity contribution is 0.666. The maximum absolute atomic E-state index is 7.40. The van der Waals surface area contributed by atoms with Gasteiger partial charge in [-0.2, -0.15) is 0 Å². The van der Waals surface area contributed by atoms with Crippen LogP contribution in [0, 0.1) is 0 Å². The van der Waals surface area contributed by atoms with Crippen LogP contribution in [0.2, 0.25) is 0 Å². The molecule has 0 radical (unpaired) electrons. The smallest absolute Gasteiger partial charge is 0.236 e. The van der Waals surface area contributed by atoms with Gasteiger partial charge in [0.15, 0.2) is 11.2 Å². The summed E-state index contributed by atoms with van der Waals surface area (Å²) in [6.45, 7) is 0. The van der Waals surface area contributed by atoms with Crippen molar-refractivity contribution in [2.45, 2.75) is 0 Å². The molecule has 0 saturated carbocycles. The second-order valence-electron chi connectivity index (χ2n) is 14.4. The molecule has 0 aliphatic rings. The highest BCUT2D eigenvalue weighted by Crippen LogP contribution is 2.49. The lowest BCUT2D eigenvalue weighted by Crippen LogP contribution is -2.03. The second-order valence-corrected chi connectivity index (χ2v) is 14.4. The fourth-order valence-electron chi connectivity index (χ4n) is 9.30. The van der Waals surface area contributed by atoms with Crippen LogP contribution >= 0.6 is 0 Å². The Balaban J connectivity index is 1.26. The van der Waals surface area contributed by atoms with Gasteiger partial charge in [-0.05, 0) is 56.6 Å². The molecule has 0 aliphatic carbocycles. The Morgan fingerprint density at radius 1 is 0.364 bits per heavy atom. The first-order valence-electron chi connectivity index (χ1n) is 18.6. The van der Waals surface area contributed by atoms with Gasteiger partial charge in [0, 0.05) is 43.3 Å². The van der Waals surface area contributed by atoms with Gasteiger partial charge in [0.2, 0.25) is 5.95 Å². The summed E-state index contributed by atoms with van der Waals surface area (Å²) in [5.74, 6) is 0.559. The first kappa shape index (κ1) is 29.0. The summed E-state index contributed by atoms with van der Waals surface area (Å²) in [5, 5.41) is 14.9. The van der Waals surface area contributed by atoms with Gasteiger partial charge in [0.1, 0.15) is 27.9 Å². The highest BCUT2D eigenvalue weighted by atomic mass is 16.3. The maximum atomic E-state index is 7.40. The summed E-state index contributed by atoms with van der Waals surface area (Å²) in [7, 11) is 0. The van der Waals surface area contributed by atoms with E-state index in [1.807, 2.05) is 36.4 Å². The number of aromatic nitrogens is 3. The molecule has 0 amide bonds. The van der Waals surface area contributed by atoms with Crippen molar-refractivity contribution in [2.75, 3.05) is 0 Å². The Kier molecular flexibility index (Phi) is 5.57. The predicted molar refractivity (Wildman–Crippen MR) is 226 cm³/mol. The van der Waals surface area contributed by atoms with Crippen molar-refractivity contribution in [2.24, 2.45) is 0 Å². The van der Waals surface area contributed by atoms with Crippen LogP contribution in [0.5, 0.6) is 0 Å². The number of hydrogen-bond acceptors (Lipinski definition) is 4. The molecule has 0 atom stereocenters. The molecule has 0 fully saturated rings. The van der Waals surface area contributed by atoms with Gasteiger partial charge < -0.3 is 8.83 Å². The average Bonchev–Trinajstić information content (AvgIpc) is 3.93. The van der Waals surface area contributed by atoms with E-state index in [1.165, 1.54) is 37.7 Å². The minimum Gasteiger partial charge on any atom is -0.453 e. The molecule has 0 unspecified atom stereocenters. The zero-order chi connectivity index (χ0) is 35.8. The van der Waals surface area contributed by atoms with Gasteiger partial charge >= 0.3 is 0 Å². The maximum Gasteiger partial charge on any atom is 0.236 e. The largest absolute Gasteiger partial charge is 0.453 e. The number of nitrogens with zero attached hydrogens (tertiary/aromatic N) is 3. The zero-order valence-corrected chi connectivity index (χ0v) is 29.2. The second kappa shape index (κ2) is 10.6. The summed E-state index contributed by atoms with van der Waals surface area (Å²) in [4.78, 5) is 10.7. The van der Waals surface area contributed by atoms with Crippen molar-refractivity contribution in [1.29, 1.82) is 0 Å². The van der Waals surface area contributed by atoms with E-state index in [2.05, 4.69) is 132 Å². The zero-order valence-electron chi connectivity index (χ0n) is 29.2. The van der Waals surface area contributed by atoms with Crippen molar-refractivity contribution < 1.29 is 8.83 Å². The number of benzene rings is 9. The van der Waals surface area contributed by atoms with E-state index in [4.69, 9.17) is 18.8 Å². The van der Waals surface area contributed by atoms with E-state index in [9.17, 15) is 0 Å². The molecule has 0 N–H and O–H groups in total. The van der Waals surface area contributed by atoms with Gasteiger partial charge in [0.25, 0.3) is 0 Å². The Morgan fingerprint density at radius 2 is 0.927 bits per heavy atom. The van der Waals surface area contributed by atoms with Crippen LogP contribution in [-0.4, -0.2) is 14.5 Å². The van der Waals surface area contributed by atoms with Crippen LogP contribution < -0.4 is 0 Å². The molecule has 55 heavy (non-hydrogen) atoms. The Hall–Kier alpha value is -7.50. The minimum atomic E-state index is 0.559. The molecule has 0 aliphatic heterocycles. The number of para-hydroxylation sites is 2. The fraction of sp³-hybridized carbons (Fsp3) is 0. The van der Waals surface area contributed by atoms with Gasteiger partial charge in [-0.3, -0.25) is 4.57 Å². The monoisotopic (exact) mass is 701 g/mol. The van der Waals surface area contributed by atoms with Crippen molar-refractivity contribution in [3.8, 4) is 17.2 Å². The molecule has 0 bridgehead atoms. The van der Waals surface area contributed by atoms with Crippen LogP contribution in [0.3, 0.4) is 0 Å². The van der Waals surface area contributed by atoms with Crippen molar-refractivity contribution in [3.63, 3.8) is 0 Å². The molecule has 5 nitrogen and oxygen atoms in total. The van der Waals surface area contributed by atoms with E-state index in [0.29, 0.717) is 11.5 Å². The first-order chi connectivity index (χ1) is 27.3. The molecular weight excluding hydrogens is 675 g/mol. The Labute approximate surface area is 312 Å². The molecule has 0 saturated heterocycles. The van der Waals surface area contributed by atoms with Gasteiger partial charge in [-0.25, -0.2) is 9.97 Å². The molecule has 13 aromatic rings. The van der Waals surface area contributed by atoms with Gasteiger partial charge in [0.05, 0.1) is 5.52 Å². The molecule has 254 valence electrons. The molecule has 13 rings (SSSR count). The third-order valence-corrected chi connectivity index (χ3v) is 11.6. The van der Waals surface area contributed by atoms with Crippen molar-refractivity contribution >= 4 is 109 Å². The SMILES string of the molecule is c1ccc(-c2nc(-n3c4ccccc4c4ccc5c(oc6c5c5ccccc5c5c7ccccc7c7ccccc7c65)c43)nc3c2oc2ccccc23)cc1. The Bertz CT molecular complexity index is 3780. The molecule has 4 heterocycles. The van der Waals surface area contributed by atoms with Crippen LogP contribution in [0.25, 0.3) is 126 Å². The van der Waals surface area contributed by atoms with E-state index in [0.717, 1.165) is 76.9 Å². The quantitative estimate of drug-likeness (QED) is 0.168. The van der Waals surface area contributed by atoms with Gasteiger partial charge in [-0.15, -0.1) is 0 Å². The molecule has 9 aromatic carbocycles. The average molecular weight is 702 g/mol. The third kappa shape index (κ3) is 3.76. The van der Waals surface area contributed by atoms with Crippen LogP contribution in [0.4, 0.5) is 0 Å². The summed E-state index contributed by atoms with van der Waals surface area (Å²) in [6.07, 6.45) is 0. The first-order valence-corrected chi connectivity index (χ1v) is 18.6. The predicted octanol–water partition coefficient (Wildman–Crippen LogP) is 13.7. The summed E-state index contributed by atoms with van der Waals surface area (Å²) in [5.41, 5.74) is 7.56. The van der Waals surface area contributed by atoms with Crippen molar-refractivity contribution in [1.82, 2.24) is 14.5 Å². The number of hydrogen-bond donors (Lipinski definition) is 0. The van der Waals surface area contributed by atoms with E-state index in [-0.39, 0.29) is 0 Å². The van der Waals surface area contributed by atoms with Crippen LogP contribution in [-0.2, 0) is 0 Å².